The van der Waals surface area contributed by atoms with E-state index in [1.54, 1.807) is 13.3 Å². The second-order valence-electron chi connectivity index (χ2n) is 5.04. The van der Waals surface area contributed by atoms with Crippen molar-refractivity contribution in [2.75, 3.05) is 7.11 Å². The molecule has 0 spiro atoms. The summed E-state index contributed by atoms with van der Waals surface area (Å²) in [5.41, 5.74) is 0. The van der Waals surface area contributed by atoms with Crippen LogP contribution in [0.3, 0.4) is 0 Å². The van der Waals surface area contributed by atoms with Gasteiger partial charge in [0.25, 0.3) is 0 Å². The number of nitrogens with zero attached hydrogens (tertiary/aromatic N) is 1. The zero-order valence-electron chi connectivity index (χ0n) is 9.20. The third-order valence-electron chi connectivity index (χ3n) is 4.17. The summed E-state index contributed by atoms with van der Waals surface area (Å²) in [5.74, 6) is 4.76. The molecule has 1 aromatic rings. The summed E-state index contributed by atoms with van der Waals surface area (Å²) in [6.07, 6.45) is 8.72. The summed E-state index contributed by atoms with van der Waals surface area (Å²) < 4.78 is 5.10. The van der Waals surface area contributed by atoms with Gasteiger partial charge in [0, 0.05) is 6.42 Å². The number of H-pyrrole nitrogens is 1. The highest BCUT2D eigenvalue weighted by Gasteiger charge is 2.39. The van der Waals surface area contributed by atoms with Crippen molar-refractivity contribution in [3.63, 3.8) is 0 Å². The van der Waals surface area contributed by atoms with Gasteiger partial charge in [0.15, 0.2) is 0 Å². The molecular formula is C12H18N2O. The molecule has 2 aliphatic carbocycles. The Balaban J connectivity index is 1.65. The minimum absolute atomic E-state index is 0.785. The van der Waals surface area contributed by atoms with Crippen LogP contribution < -0.4 is 4.74 Å². The maximum Gasteiger partial charge on any atom is 0.210 e. The zero-order chi connectivity index (χ0) is 10.3. The van der Waals surface area contributed by atoms with E-state index in [1.165, 1.54) is 25.7 Å². The molecule has 0 radical (unpaired) electrons. The van der Waals surface area contributed by atoms with Crippen LogP contribution in [0.4, 0.5) is 0 Å². The lowest BCUT2D eigenvalue weighted by molar-refractivity contribution is 0.326. The van der Waals surface area contributed by atoms with Crippen molar-refractivity contribution in [1.29, 1.82) is 0 Å². The molecule has 3 nitrogen and oxygen atoms in total. The Bertz CT molecular complexity index is 347. The van der Waals surface area contributed by atoms with Crippen LogP contribution in [0.15, 0.2) is 6.20 Å². The number of aromatic amines is 1. The highest BCUT2D eigenvalue weighted by molar-refractivity contribution is 5.08. The van der Waals surface area contributed by atoms with Crippen LogP contribution in [0.1, 0.15) is 31.5 Å². The number of rotatable bonds is 3. The molecule has 1 aromatic heterocycles. The molecule has 0 amide bonds. The second-order valence-corrected chi connectivity index (χ2v) is 5.04. The predicted molar refractivity (Wildman–Crippen MR) is 57.8 cm³/mol. The topological polar surface area (TPSA) is 37.9 Å². The van der Waals surface area contributed by atoms with Crippen molar-refractivity contribution in [2.45, 2.75) is 32.1 Å². The van der Waals surface area contributed by atoms with Gasteiger partial charge < -0.3 is 9.72 Å². The van der Waals surface area contributed by atoms with E-state index in [1.807, 2.05) is 0 Å². The van der Waals surface area contributed by atoms with Gasteiger partial charge in [-0.25, -0.2) is 4.98 Å². The van der Waals surface area contributed by atoms with E-state index in [0.717, 1.165) is 35.9 Å². The summed E-state index contributed by atoms with van der Waals surface area (Å²) in [6, 6.07) is 0. The van der Waals surface area contributed by atoms with Gasteiger partial charge in [-0.15, -0.1) is 0 Å². The first kappa shape index (κ1) is 9.25. The van der Waals surface area contributed by atoms with Gasteiger partial charge in [0.2, 0.25) is 5.88 Å². The Morgan fingerprint density at radius 3 is 3.00 bits per heavy atom. The van der Waals surface area contributed by atoms with Crippen molar-refractivity contribution >= 4 is 0 Å². The molecule has 0 aromatic carbocycles. The summed E-state index contributed by atoms with van der Waals surface area (Å²) in [7, 11) is 1.68. The number of hydrogen-bond acceptors (Lipinski definition) is 2. The highest BCUT2D eigenvalue weighted by Crippen LogP contribution is 2.49. The minimum Gasteiger partial charge on any atom is -0.481 e. The van der Waals surface area contributed by atoms with Crippen molar-refractivity contribution in [3.8, 4) is 5.88 Å². The van der Waals surface area contributed by atoms with E-state index in [-0.39, 0.29) is 0 Å². The SMILES string of the molecule is COc1cnc(CC2CC3CCC2C3)[nH]1. The summed E-state index contributed by atoms with van der Waals surface area (Å²) in [4.78, 5) is 7.57. The third-order valence-corrected chi connectivity index (χ3v) is 4.17. The van der Waals surface area contributed by atoms with Crippen molar-refractivity contribution in [3.05, 3.63) is 12.0 Å². The molecule has 0 saturated heterocycles. The lowest BCUT2D eigenvalue weighted by atomic mass is 9.86. The first-order chi connectivity index (χ1) is 7.35. The molecule has 2 saturated carbocycles. The quantitative estimate of drug-likeness (QED) is 0.824. The fourth-order valence-corrected chi connectivity index (χ4v) is 3.43. The van der Waals surface area contributed by atoms with Gasteiger partial charge in [-0.1, -0.05) is 6.42 Å². The van der Waals surface area contributed by atoms with Gasteiger partial charge in [-0.05, 0) is 37.0 Å². The smallest absolute Gasteiger partial charge is 0.210 e. The first-order valence-electron chi connectivity index (χ1n) is 5.93. The van der Waals surface area contributed by atoms with Crippen molar-refractivity contribution in [2.24, 2.45) is 17.8 Å². The molecular weight excluding hydrogens is 188 g/mol. The molecule has 82 valence electrons. The molecule has 3 rings (SSSR count). The second kappa shape index (κ2) is 3.54. The van der Waals surface area contributed by atoms with Crippen LogP contribution in [0.5, 0.6) is 5.88 Å². The van der Waals surface area contributed by atoms with Crippen LogP contribution in [-0.2, 0) is 6.42 Å². The number of hydrogen-bond donors (Lipinski definition) is 1. The molecule has 2 aliphatic rings. The lowest BCUT2D eigenvalue weighted by Crippen LogP contribution is -2.13. The van der Waals surface area contributed by atoms with E-state index >= 15 is 0 Å². The van der Waals surface area contributed by atoms with E-state index in [2.05, 4.69) is 9.97 Å². The zero-order valence-corrected chi connectivity index (χ0v) is 9.20. The molecule has 1 heterocycles. The number of nitrogens with one attached hydrogen (secondary N) is 1. The maximum absolute atomic E-state index is 5.10. The summed E-state index contributed by atoms with van der Waals surface area (Å²) in [6.45, 7) is 0. The fourth-order valence-electron chi connectivity index (χ4n) is 3.43. The van der Waals surface area contributed by atoms with Gasteiger partial charge in [0.05, 0.1) is 13.3 Å². The Labute approximate surface area is 90.2 Å². The van der Waals surface area contributed by atoms with E-state index < -0.39 is 0 Å². The largest absolute Gasteiger partial charge is 0.481 e. The van der Waals surface area contributed by atoms with Crippen LogP contribution in [-0.4, -0.2) is 17.1 Å². The number of imidazole rings is 1. The molecule has 1 N–H and O–H groups in total. The van der Waals surface area contributed by atoms with E-state index in [4.69, 9.17) is 4.74 Å². The van der Waals surface area contributed by atoms with Crippen LogP contribution in [0.2, 0.25) is 0 Å². The number of aromatic nitrogens is 2. The number of ether oxygens (including phenoxy) is 1. The first-order valence-corrected chi connectivity index (χ1v) is 5.93. The monoisotopic (exact) mass is 206 g/mol. The highest BCUT2D eigenvalue weighted by atomic mass is 16.5. The molecule has 0 aliphatic heterocycles. The maximum atomic E-state index is 5.10. The average molecular weight is 206 g/mol. The lowest BCUT2D eigenvalue weighted by Gasteiger charge is -2.20. The Kier molecular flexibility index (Phi) is 2.19. The van der Waals surface area contributed by atoms with Gasteiger partial charge in [-0.3, -0.25) is 0 Å². The van der Waals surface area contributed by atoms with Gasteiger partial charge in [0.1, 0.15) is 5.82 Å². The Morgan fingerprint density at radius 2 is 2.40 bits per heavy atom. The molecule has 3 unspecified atom stereocenters. The standard InChI is InChI=1S/C12H18N2O/c1-15-12-7-13-11(14-12)6-10-5-8-2-3-9(10)4-8/h7-10H,2-6H2,1H3,(H,13,14). The number of methoxy groups -OCH3 is 1. The fraction of sp³-hybridized carbons (Fsp3) is 0.750. The average Bonchev–Trinajstić information content (AvgIpc) is 2.92. The van der Waals surface area contributed by atoms with Gasteiger partial charge >= 0.3 is 0 Å². The molecule has 2 fully saturated rings. The third kappa shape index (κ3) is 1.64. The van der Waals surface area contributed by atoms with Gasteiger partial charge in [-0.2, -0.15) is 0 Å². The summed E-state index contributed by atoms with van der Waals surface area (Å²) >= 11 is 0. The normalized spacial score (nSPS) is 33.5. The minimum atomic E-state index is 0.785. The molecule has 2 bridgehead atoms. The molecule has 3 heteroatoms. The Hall–Kier alpha value is -0.990. The van der Waals surface area contributed by atoms with Crippen LogP contribution >= 0.6 is 0 Å². The molecule has 3 atom stereocenters. The van der Waals surface area contributed by atoms with Crippen molar-refractivity contribution < 1.29 is 4.74 Å². The van der Waals surface area contributed by atoms with E-state index in [9.17, 15) is 0 Å². The van der Waals surface area contributed by atoms with Crippen molar-refractivity contribution in [1.82, 2.24) is 9.97 Å². The predicted octanol–water partition coefficient (Wildman–Crippen LogP) is 2.40. The van der Waals surface area contributed by atoms with Crippen LogP contribution in [0.25, 0.3) is 0 Å². The summed E-state index contributed by atoms with van der Waals surface area (Å²) in [5, 5.41) is 0. The molecule has 15 heavy (non-hydrogen) atoms. The number of fused-ring (bicyclic) bond motifs is 2. The van der Waals surface area contributed by atoms with E-state index in [0.29, 0.717) is 0 Å². The Morgan fingerprint density at radius 1 is 1.47 bits per heavy atom. The van der Waals surface area contributed by atoms with Crippen LogP contribution in [0, 0.1) is 17.8 Å².